The maximum absolute atomic E-state index is 12.1. The van der Waals surface area contributed by atoms with Gasteiger partial charge in [0.15, 0.2) is 0 Å². The number of carbonyl (C=O) groups is 1. The first-order valence-electron chi connectivity index (χ1n) is 7.16. The molecule has 102 valence electrons. The van der Waals surface area contributed by atoms with Crippen molar-refractivity contribution in [3.8, 4) is 0 Å². The third kappa shape index (κ3) is 2.20. The minimum atomic E-state index is 0.0977. The Labute approximate surface area is 113 Å². The number of amides is 1. The normalized spacial score (nSPS) is 25.0. The summed E-state index contributed by atoms with van der Waals surface area (Å²) in [6, 6.07) is 5.50. The highest BCUT2D eigenvalue weighted by Crippen LogP contribution is 2.35. The van der Waals surface area contributed by atoms with Gasteiger partial charge in [-0.1, -0.05) is 13.0 Å². The van der Waals surface area contributed by atoms with Gasteiger partial charge in [-0.05, 0) is 24.8 Å². The summed E-state index contributed by atoms with van der Waals surface area (Å²) in [4.78, 5) is 26.0. The standard InChI is InChI=1S/C15H20N2O2/c1-2-4-14(18)16-8-11-7-12(10-16)13-5-3-6-15(19)17(13)9-11/h3,5-6,11-12H,2,4,7-10H2,1H3. The van der Waals surface area contributed by atoms with Crippen LogP contribution in [0, 0.1) is 5.92 Å². The molecule has 1 aromatic heterocycles. The van der Waals surface area contributed by atoms with E-state index in [4.69, 9.17) is 0 Å². The van der Waals surface area contributed by atoms with Crippen molar-refractivity contribution >= 4 is 5.91 Å². The Bertz CT molecular complexity index is 549. The van der Waals surface area contributed by atoms with Gasteiger partial charge in [-0.3, -0.25) is 9.59 Å². The van der Waals surface area contributed by atoms with Gasteiger partial charge in [-0.2, -0.15) is 0 Å². The monoisotopic (exact) mass is 260 g/mol. The first-order valence-corrected chi connectivity index (χ1v) is 7.16. The molecule has 0 N–H and O–H groups in total. The molecule has 2 aliphatic heterocycles. The number of hydrogen-bond donors (Lipinski definition) is 0. The Morgan fingerprint density at radius 1 is 1.32 bits per heavy atom. The van der Waals surface area contributed by atoms with E-state index >= 15 is 0 Å². The molecule has 0 spiro atoms. The van der Waals surface area contributed by atoms with Gasteiger partial charge in [0.1, 0.15) is 0 Å². The van der Waals surface area contributed by atoms with Gasteiger partial charge in [-0.25, -0.2) is 0 Å². The van der Waals surface area contributed by atoms with Crippen molar-refractivity contribution in [2.24, 2.45) is 5.92 Å². The van der Waals surface area contributed by atoms with E-state index in [9.17, 15) is 9.59 Å². The molecule has 3 heterocycles. The molecule has 2 aliphatic rings. The highest BCUT2D eigenvalue weighted by molar-refractivity contribution is 5.76. The number of likely N-dealkylation sites (tertiary alicyclic amines) is 1. The van der Waals surface area contributed by atoms with Crippen LogP contribution in [0.3, 0.4) is 0 Å². The van der Waals surface area contributed by atoms with Crippen molar-refractivity contribution in [2.75, 3.05) is 13.1 Å². The number of nitrogens with zero attached hydrogens (tertiary/aromatic N) is 2. The molecule has 0 radical (unpaired) electrons. The van der Waals surface area contributed by atoms with Gasteiger partial charge < -0.3 is 9.47 Å². The van der Waals surface area contributed by atoms with Crippen LogP contribution in [0.1, 0.15) is 37.8 Å². The zero-order valence-corrected chi connectivity index (χ0v) is 11.3. The molecule has 3 rings (SSSR count). The Hall–Kier alpha value is -1.58. The Morgan fingerprint density at radius 2 is 2.16 bits per heavy atom. The summed E-state index contributed by atoms with van der Waals surface area (Å²) in [5, 5.41) is 0. The van der Waals surface area contributed by atoms with Crippen molar-refractivity contribution in [3.05, 3.63) is 34.2 Å². The zero-order chi connectivity index (χ0) is 13.4. The Morgan fingerprint density at radius 3 is 2.95 bits per heavy atom. The molecule has 4 heteroatoms. The highest BCUT2D eigenvalue weighted by atomic mass is 16.2. The molecular weight excluding hydrogens is 240 g/mol. The van der Waals surface area contributed by atoms with E-state index in [0.29, 0.717) is 18.3 Å². The van der Waals surface area contributed by atoms with Crippen molar-refractivity contribution in [3.63, 3.8) is 0 Å². The number of fused-ring (bicyclic) bond motifs is 4. The third-order valence-corrected chi connectivity index (χ3v) is 4.30. The summed E-state index contributed by atoms with van der Waals surface area (Å²) in [6.45, 7) is 4.40. The summed E-state index contributed by atoms with van der Waals surface area (Å²) in [7, 11) is 0. The fourth-order valence-electron chi connectivity index (χ4n) is 3.47. The fraction of sp³-hybridized carbons (Fsp3) is 0.600. The Balaban J connectivity index is 1.88. The number of pyridine rings is 1. The second-order valence-corrected chi connectivity index (χ2v) is 5.75. The quantitative estimate of drug-likeness (QED) is 0.810. The van der Waals surface area contributed by atoms with Crippen LogP contribution >= 0.6 is 0 Å². The largest absolute Gasteiger partial charge is 0.342 e. The van der Waals surface area contributed by atoms with Crippen molar-refractivity contribution in [2.45, 2.75) is 38.6 Å². The molecule has 1 amide bonds. The van der Waals surface area contributed by atoms with E-state index in [2.05, 4.69) is 0 Å². The van der Waals surface area contributed by atoms with E-state index < -0.39 is 0 Å². The van der Waals surface area contributed by atoms with E-state index in [1.807, 2.05) is 28.5 Å². The van der Waals surface area contributed by atoms with Crippen LogP contribution in [0.5, 0.6) is 0 Å². The number of aromatic nitrogens is 1. The molecule has 1 aromatic rings. The maximum atomic E-state index is 12.1. The number of rotatable bonds is 2. The van der Waals surface area contributed by atoms with Gasteiger partial charge in [0.05, 0.1) is 0 Å². The lowest BCUT2D eigenvalue weighted by Crippen LogP contribution is -2.49. The van der Waals surface area contributed by atoms with Crippen LogP contribution in [-0.4, -0.2) is 28.5 Å². The van der Waals surface area contributed by atoms with E-state index in [0.717, 1.165) is 38.2 Å². The summed E-state index contributed by atoms with van der Waals surface area (Å²) < 4.78 is 1.90. The number of carbonyl (C=O) groups excluding carboxylic acids is 1. The lowest BCUT2D eigenvalue weighted by Gasteiger charge is -2.42. The molecule has 19 heavy (non-hydrogen) atoms. The SMILES string of the molecule is CCCC(=O)N1CC2CC(C1)c1cccc(=O)n1C2. The molecular formula is C15H20N2O2. The Kier molecular flexibility index (Phi) is 3.17. The van der Waals surface area contributed by atoms with Gasteiger partial charge >= 0.3 is 0 Å². The van der Waals surface area contributed by atoms with Crippen LogP contribution in [0.4, 0.5) is 0 Å². The highest BCUT2D eigenvalue weighted by Gasteiger charge is 2.35. The predicted octanol–water partition coefficient (Wildman–Crippen LogP) is 1.59. The predicted molar refractivity (Wildman–Crippen MR) is 73.0 cm³/mol. The van der Waals surface area contributed by atoms with Gasteiger partial charge in [0, 0.05) is 43.7 Å². The fourth-order valence-corrected chi connectivity index (χ4v) is 3.47. The van der Waals surface area contributed by atoms with Gasteiger partial charge in [-0.15, -0.1) is 0 Å². The molecule has 2 unspecified atom stereocenters. The zero-order valence-electron chi connectivity index (χ0n) is 11.3. The summed E-state index contributed by atoms with van der Waals surface area (Å²) in [5.74, 6) is 1.04. The smallest absolute Gasteiger partial charge is 0.250 e. The number of hydrogen-bond acceptors (Lipinski definition) is 2. The van der Waals surface area contributed by atoms with E-state index in [1.54, 1.807) is 6.07 Å². The summed E-state index contributed by atoms with van der Waals surface area (Å²) in [5.41, 5.74) is 1.21. The summed E-state index contributed by atoms with van der Waals surface area (Å²) in [6.07, 6.45) is 2.65. The summed E-state index contributed by atoms with van der Waals surface area (Å²) >= 11 is 0. The van der Waals surface area contributed by atoms with Crippen molar-refractivity contribution < 1.29 is 4.79 Å². The van der Waals surface area contributed by atoms with Gasteiger partial charge in [0.2, 0.25) is 5.91 Å². The van der Waals surface area contributed by atoms with Gasteiger partial charge in [0.25, 0.3) is 5.56 Å². The molecule has 0 aromatic carbocycles. The molecule has 0 aliphatic carbocycles. The second-order valence-electron chi connectivity index (χ2n) is 5.75. The van der Waals surface area contributed by atoms with Crippen LogP contribution in [0.25, 0.3) is 0 Å². The van der Waals surface area contributed by atoms with Crippen LogP contribution in [0.15, 0.2) is 23.0 Å². The molecule has 2 atom stereocenters. The average molecular weight is 260 g/mol. The molecule has 4 nitrogen and oxygen atoms in total. The second kappa shape index (κ2) is 4.83. The average Bonchev–Trinajstić information content (AvgIpc) is 2.40. The third-order valence-electron chi connectivity index (χ3n) is 4.30. The van der Waals surface area contributed by atoms with Crippen LogP contribution in [0.2, 0.25) is 0 Å². The lowest BCUT2D eigenvalue weighted by molar-refractivity contribution is -0.134. The minimum absolute atomic E-state index is 0.0977. The van der Waals surface area contributed by atoms with Crippen molar-refractivity contribution in [1.29, 1.82) is 0 Å². The maximum Gasteiger partial charge on any atom is 0.250 e. The van der Waals surface area contributed by atoms with Crippen LogP contribution < -0.4 is 5.56 Å². The molecule has 1 fully saturated rings. The molecule has 2 bridgehead atoms. The molecule has 1 saturated heterocycles. The first kappa shape index (κ1) is 12.5. The molecule has 0 saturated carbocycles. The number of piperidine rings is 1. The topological polar surface area (TPSA) is 42.3 Å². The van der Waals surface area contributed by atoms with E-state index in [1.165, 1.54) is 0 Å². The van der Waals surface area contributed by atoms with Crippen LogP contribution in [-0.2, 0) is 11.3 Å². The minimum Gasteiger partial charge on any atom is -0.342 e. The van der Waals surface area contributed by atoms with E-state index in [-0.39, 0.29) is 11.5 Å². The lowest BCUT2D eigenvalue weighted by atomic mass is 9.83. The van der Waals surface area contributed by atoms with Crippen molar-refractivity contribution in [1.82, 2.24) is 9.47 Å². The first-order chi connectivity index (χ1) is 9.19.